The lowest BCUT2D eigenvalue weighted by atomic mass is 10.1. The second kappa shape index (κ2) is 4.87. The predicted octanol–water partition coefficient (Wildman–Crippen LogP) is 1.76. The third-order valence-corrected chi connectivity index (χ3v) is 2.35. The second-order valence-corrected chi connectivity index (χ2v) is 3.64. The minimum atomic E-state index is -1.06. The average Bonchev–Trinajstić information content (AvgIpc) is 2.62. The lowest BCUT2D eigenvalue weighted by Crippen LogP contribution is -2.33. The standard InChI is InChI=1S/C12H11NO5/c1-2-7-17-12(16)18-13-10(14)8-5-3-4-6-9(8)11(13)15/h3-6H,2,7H2,1H3. The van der Waals surface area contributed by atoms with Gasteiger partial charge in [0.1, 0.15) is 0 Å². The largest absolute Gasteiger partial charge is 0.533 e. The van der Waals surface area contributed by atoms with Gasteiger partial charge in [0.05, 0.1) is 17.7 Å². The molecular formula is C12H11NO5. The van der Waals surface area contributed by atoms with Gasteiger partial charge in [-0.1, -0.05) is 24.1 Å². The molecule has 0 N–H and O–H groups in total. The van der Waals surface area contributed by atoms with Gasteiger partial charge in [0.25, 0.3) is 11.8 Å². The Hall–Kier alpha value is -2.37. The molecule has 1 heterocycles. The first kappa shape index (κ1) is 12.1. The van der Waals surface area contributed by atoms with E-state index in [1.807, 2.05) is 6.92 Å². The summed E-state index contributed by atoms with van der Waals surface area (Å²) in [5.74, 6) is -1.33. The van der Waals surface area contributed by atoms with Crippen molar-refractivity contribution in [2.75, 3.05) is 6.61 Å². The molecule has 0 radical (unpaired) electrons. The van der Waals surface area contributed by atoms with Crippen LogP contribution in [0.5, 0.6) is 0 Å². The van der Waals surface area contributed by atoms with Gasteiger partial charge < -0.3 is 4.74 Å². The van der Waals surface area contributed by atoms with Crippen LogP contribution in [0, 0.1) is 0 Å². The van der Waals surface area contributed by atoms with Crippen LogP contribution in [0.1, 0.15) is 34.1 Å². The molecule has 0 fully saturated rings. The van der Waals surface area contributed by atoms with Crippen molar-refractivity contribution in [3.8, 4) is 0 Å². The smallest absolute Gasteiger partial charge is 0.433 e. The molecule has 0 spiro atoms. The molecule has 18 heavy (non-hydrogen) atoms. The van der Waals surface area contributed by atoms with Gasteiger partial charge in [-0.2, -0.15) is 0 Å². The van der Waals surface area contributed by atoms with Crippen LogP contribution in [0.3, 0.4) is 0 Å². The molecule has 1 aliphatic heterocycles. The van der Waals surface area contributed by atoms with Gasteiger partial charge in [0.2, 0.25) is 0 Å². The molecule has 0 unspecified atom stereocenters. The van der Waals surface area contributed by atoms with Crippen LogP contribution >= 0.6 is 0 Å². The van der Waals surface area contributed by atoms with Crippen molar-refractivity contribution in [1.29, 1.82) is 0 Å². The van der Waals surface area contributed by atoms with Crippen molar-refractivity contribution in [3.63, 3.8) is 0 Å². The van der Waals surface area contributed by atoms with Gasteiger partial charge in [-0.25, -0.2) is 4.79 Å². The molecule has 6 nitrogen and oxygen atoms in total. The number of nitrogens with zero attached hydrogens (tertiary/aromatic N) is 1. The zero-order chi connectivity index (χ0) is 13.1. The molecule has 1 aliphatic rings. The maximum Gasteiger partial charge on any atom is 0.533 e. The van der Waals surface area contributed by atoms with E-state index < -0.39 is 18.0 Å². The van der Waals surface area contributed by atoms with Crippen LogP contribution in [0.15, 0.2) is 24.3 Å². The minimum Gasteiger partial charge on any atom is -0.433 e. The van der Waals surface area contributed by atoms with Crippen molar-refractivity contribution in [2.24, 2.45) is 0 Å². The zero-order valence-corrected chi connectivity index (χ0v) is 9.71. The fourth-order valence-electron chi connectivity index (χ4n) is 1.54. The third-order valence-electron chi connectivity index (χ3n) is 2.35. The molecule has 0 aromatic heterocycles. The second-order valence-electron chi connectivity index (χ2n) is 3.64. The molecule has 1 aromatic rings. The number of carbonyl (C=O) groups is 3. The monoisotopic (exact) mass is 249 g/mol. The number of imide groups is 1. The predicted molar refractivity (Wildman–Crippen MR) is 59.7 cm³/mol. The summed E-state index contributed by atoms with van der Waals surface area (Å²) >= 11 is 0. The molecule has 0 bridgehead atoms. The Labute approximate surface area is 103 Å². The fourth-order valence-corrected chi connectivity index (χ4v) is 1.54. The molecular weight excluding hydrogens is 238 g/mol. The Morgan fingerprint density at radius 1 is 1.17 bits per heavy atom. The van der Waals surface area contributed by atoms with Gasteiger partial charge >= 0.3 is 6.16 Å². The van der Waals surface area contributed by atoms with Crippen molar-refractivity contribution in [2.45, 2.75) is 13.3 Å². The van der Waals surface area contributed by atoms with E-state index in [-0.39, 0.29) is 17.7 Å². The van der Waals surface area contributed by atoms with Gasteiger partial charge in [-0.15, -0.1) is 0 Å². The van der Waals surface area contributed by atoms with Gasteiger partial charge in [0, 0.05) is 0 Å². The number of benzene rings is 1. The number of fused-ring (bicyclic) bond motifs is 1. The molecule has 0 atom stereocenters. The van der Waals surface area contributed by atoms with Crippen LogP contribution < -0.4 is 0 Å². The van der Waals surface area contributed by atoms with Crippen LogP contribution in [-0.4, -0.2) is 29.6 Å². The van der Waals surface area contributed by atoms with Gasteiger partial charge in [-0.05, 0) is 18.6 Å². The number of rotatable bonds is 3. The minimum absolute atomic E-state index is 0.169. The molecule has 2 rings (SSSR count). The number of ether oxygens (including phenoxy) is 1. The molecule has 1 aromatic carbocycles. The Morgan fingerprint density at radius 2 is 1.72 bits per heavy atom. The average molecular weight is 249 g/mol. The molecule has 0 aliphatic carbocycles. The normalized spacial score (nSPS) is 13.5. The van der Waals surface area contributed by atoms with E-state index in [1.165, 1.54) is 12.1 Å². The molecule has 6 heteroatoms. The first-order valence-electron chi connectivity index (χ1n) is 5.47. The first-order chi connectivity index (χ1) is 8.65. The first-order valence-corrected chi connectivity index (χ1v) is 5.47. The van der Waals surface area contributed by atoms with Crippen LogP contribution in [0.2, 0.25) is 0 Å². The van der Waals surface area contributed by atoms with Crippen molar-refractivity contribution >= 4 is 18.0 Å². The van der Waals surface area contributed by atoms with Crippen molar-refractivity contribution < 1.29 is 24.0 Å². The molecule has 2 amide bonds. The van der Waals surface area contributed by atoms with Crippen LogP contribution in [0.4, 0.5) is 4.79 Å². The Morgan fingerprint density at radius 3 is 2.22 bits per heavy atom. The van der Waals surface area contributed by atoms with Crippen molar-refractivity contribution in [3.05, 3.63) is 35.4 Å². The third kappa shape index (κ3) is 2.04. The summed E-state index contributed by atoms with van der Waals surface area (Å²) in [5, 5.41) is 0.419. The number of hydrogen-bond donors (Lipinski definition) is 0. The Kier molecular flexibility index (Phi) is 3.27. The maximum atomic E-state index is 11.8. The summed E-state index contributed by atoms with van der Waals surface area (Å²) in [6.45, 7) is 1.98. The quantitative estimate of drug-likeness (QED) is 0.602. The summed E-state index contributed by atoms with van der Waals surface area (Å²) < 4.78 is 4.64. The lowest BCUT2D eigenvalue weighted by molar-refractivity contribution is -0.0740. The fraction of sp³-hybridized carbons (Fsp3) is 0.250. The highest BCUT2D eigenvalue weighted by Gasteiger charge is 2.38. The summed E-state index contributed by atoms with van der Waals surface area (Å²) in [6.07, 6.45) is -0.441. The molecule has 0 saturated carbocycles. The SMILES string of the molecule is CCCOC(=O)ON1C(=O)c2ccccc2C1=O. The summed E-state index contributed by atoms with van der Waals surface area (Å²) in [6, 6.07) is 6.25. The number of carbonyl (C=O) groups excluding carboxylic acids is 3. The lowest BCUT2D eigenvalue weighted by Gasteiger charge is -2.11. The Bertz CT molecular complexity index is 476. The van der Waals surface area contributed by atoms with E-state index >= 15 is 0 Å². The maximum absolute atomic E-state index is 11.8. The van der Waals surface area contributed by atoms with E-state index in [0.717, 1.165) is 0 Å². The van der Waals surface area contributed by atoms with Crippen LogP contribution in [0.25, 0.3) is 0 Å². The van der Waals surface area contributed by atoms with Crippen molar-refractivity contribution in [1.82, 2.24) is 5.06 Å². The van der Waals surface area contributed by atoms with E-state index in [2.05, 4.69) is 9.57 Å². The van der Waals surface area contributed by atoms with E-state index in [0.29, 0.717) is 11.5 Å². The summed E-state index contributed by atoms with van der Waals surface area (Å²) in [4.78, 5) is 39.4. The van der Waals surface area contributed by atoms with E-state index in [4.69, 9.17) is 0 Å². The Balaban J connectivity index is 2.11. The molecule has 94 valence electrons. The van der Waals surface area contributed by atoms with E-state index in [9.17, 15) is 14.4 Å². The molecule has 0 saturated heterocycles. The van der Waals surface area contributed by atoms with E-state index in [1.54, 1.807) is 12.1 Å². The highest BCUT2D eigenvalue weighted by molar-refractivity contribution is 6.20. The summed E-state index contributed by atoms with van der Waals surface area (Å²) in [5.41, 5.74) is 0.427. The van der Waals surface area contributed by atoms with Crippen LogP contribution in [-0.2, 0) is 9.57 Å². The van der Waals surface area contributed by atoms with Gasteiger partial charge in [0.15, 0.2) is 0 Å². The summed E-state index contributed by atoms with van der Waals surface area (Å²) in [7, 11) is 0. The topological polar surface area (TPSA) is 72.9 Å². The number of hydrogen-bond acceptors (Lipinski definition) is 5. The number of hydroxylamine groups is 2. The number of amides is 2. The van der Waals surface area contributed by atoms with Gasteiger partial charge in [-0.3, -0.25) is 14.4 Å². The highest BCUT2D eigenvalue weighted by atomic mass is 16.8. The zero-order valence-electron chi connectivity index (χ0n) is 9.71. The highest BCUT2D eigenvalue weighted by Crippen LogP contribution is 2.22.